The number of ether oxygens (including phenoxy) is 3. The number of hydrogen-bond donors (Lipinski definition) is 1. The molecule has 6 nitrogen and oxygen atoms in total. The van der Waals surface area contributed by atoms with Gasteiger partial charge in [0.1, 0.15) is 0 Å². The number of methoxy groups -OCH3 is 2. The van der Waals surface area contributed by atoms with Gasteiger partial charge in [-0.3, -0.25) is 4.79 Å². The Hall–Kier alpha value is -1.57. The first-order valence-corrected chi connectivity index (χ1v) is 14.2. The maximum atomic E-state index is 13.6. The Labute approximate surface area is 196 Å². The maximum absolute atomic E-state index is 13.6. The number of carbonyl (C=O) groups excluding carboxylic acids is 1. The second kappa shape index (κ2) is 12.6. The molecule has 0 aromatic heterocycles. The van der Waals surface area contributed by atoms with Crippen molar-refractivity contribution < 1.29 is 19.0 Å². The largest absolute Gasteiger partial charge is 0.493 e. The molecule has 1 aliphatic heterocycles. The molecule has 7 heteroatoms. The molecule has 0 radical (unpaired) electrons. The van der Waals surface area contributed by atoms with E-state index in [1.165, 1.54) is 38.3 Å². The van der Waals surface area contributed by atoms with Crippen molar-refractivity contribution in [2.75, 3.05) is 34.0 Å². The highest BCUT2D eigenvalue weighted by Gasteiger charge is 2.32. The number of benzene rings is 1. The maximum Gasteiger partial charge on any atom is 0.254 e. The van der Waals surface area contributed by atoms with Crippen molar-refractivity contribution in [2.45, 2.75) is 82.1 Å². The highest BCUT2D eigenvalue weighted by atomic mass is 28.2. The molecule has 2 aliphatic rings. The predicted molar refractivity (Wildman–Crippen MR) is 132 cm³/mol. The highest BCUT2D eigenvalue weighted by molar-refractivity contribution is 6.38. The van der Waals surface area contributed by atoms with Crippen molar-refractivity contribution in [1.82, 2.24) is 10.2 Å². The Kier molecular flexibility index (Phi) is 9.87. The molecule has 0 unspecified atom stereocenters. The summed E-state index contributed by atoms with van der Waals surface area (Å²) in [5.41, 5.74) is 1.60. The van der Waals surface area contributed by atoms with Crippen molar-refractivity contribution in [3.63, 3.8) is 0 Å². The predicted octanol–water partition coefficient (Wildman–Crippen LogP) is 3.64. The van der Waals surface area contributed by atoms with Gasteiger partial charge in [0.15, 0.2) is 11.5 Å². The number of hydrogen-bond acceptors (Lipinski definition) is 5. The van der Waals surface area contributed by atoms with E-state index in [9.17, 15) is 4.79 Å². The van der Waals surface area contributed by atoms with E-state index in [-0.39, 0.29) is 21.5 Å². The van der Waals surface area contributed by atoms with E-state index in [0.29, 0.717) is 36.3 Å². The number of amides is 1. The lowest BCUT2D eigenvalue weighted by molar-refractivity contribution is 0.0606. The van der Waals surface area contributed by atoms with Gasteiger partial charge in [0.25, 0.3) is 5.91 Å². The number of carbonyl (C=O) groups is 1. The number of nitrogens with zero attached hydrogens (tertiary/aromatic N) is 1. The van der Waals surface area contributed by atoms with Crippen LogP contribution < -0.4 is 14.8 Å². The molecule has 1 heterocycles. The first-order valence-electron chi connectivity index (χ1n) is 12.4. The van der Waals surface area contributed by atoms with Crippen LogP contribution in [0.15, 0.2) is 18.2 Å². The third-order valence-corrected chi connectivity index (χ3v) is 9.36. The van der Waals surface area contributed by atoms with E-state index in [4.69, 9.17) is 14.2 Å². The molecule has 2 atom stereocenters. The minimum Gasteiger partial charge on any atom is -0.493 e. The van der Waals surface area contributed by atoms with Gasteiger partial charge < -0.3 is 24.4 Å². The van der Waals surface area contributed by atoms with E-state index in [0.717, 1.165) is 24.4 Å². The van der Waals surface area contributed by atoms with E-state index in [1.54, 1.807) is 14.2 Å². The number of rotatable bonds is 13. The zero-order valence-corrected chi connectivity index (χ0v) is 21.8. The highest BCUT2D eigenvalue weighted by Crippen LogP contribution is 2.33. The molecule has 180 valence electrons. The van der Waals surface area contributed by atoms with Crippen molar-refractivity contribution in [1.29, 1.82) is 0 Å². The Bertz CT molecular complexity index is 718. The third kappa shape index (κ3) is 7.22. The van der Waals surface area contributed by atoms with Gasteiger partial charge >= 0.3 is 0 Å². The van der Waals surface area contributed by atoms with E-state index >= 15 is 0 Å². The Morgan fingerprint density at radius 3 is 2.59 bits per heavy atom. The fourth-order valence-electron chi connectivity index (χ4n) is 4.77. The normalized spacial score (nSPS) is 21.7. The van der Waals surface area contributed by atoms with Crippen LogP contribution in [0.1, 0.15) is 62.7 Å². The average Bonchev–Trinajstić information content (AvgIpc) is 3.62. The summed E-state index contributed by atoms with van der Waals surface area (Å²) in [6.45, 7) is 6.62. The van der Waals surface area contributed by atoms with Gasteiger partial charge in [-0.05, 0) is 75.9 Å². The van der Waals surface area contributed by atoms with Crippen molar-refractivity contribution in [3.05, 3.63) is 23.8 Å². The van der Waals surface area contributed by atoms with E-state index in [2.05, 4.69) is 24.1 Å². The van der Waals surface area contributed by atoms with Gasteiger partial charge in [-0.15, -0.1) is 0 Å². The molecule has 1 amide bonds. The van der Waals surface area contributed by atoms with E-state index < -0.39 is 0 Å². The zero-order valence-electron chi connectivity index (χ0n) is 20.4. The molecular formula is C25H42N2O4Si. The topological polar surface area (TPSA) is 60.0 Å². The van der Waals surface area contributed by atoms with Crippen LogP contribution in [-0.2, 0) is 4.74 Å². The Morgan fingerprint density at radius 2 is 1.97 bits per heavy atom. The lowest BCUT2D eigenvalue weighted by Gasteiger charge is -2.39. The summed E-state index contributed by atoms with van der Waals surface area (Å²) in [7, 11) is 3.15. The molecule has 1 N–H and O–H groups in total. The molecule has 1 aliphatic carbocycles. The summed E-state index contributed by atoms with van der Waals surface area (Å²) < 4.78 is 16.4. The third-order valence-electron chi connectivity index (χ3n) is 6.72. The van der Waals surface area contributed by atoms with Crippen molar-refractivity contribution in [2.24, 2.45) is 0 Å². The minimum atomic E-state index is -0.161. The van der Waals surface area contributed by atoms with Gasteiger partial charge in [0, 0.05) is 53.3 Å². The fourth-order valence-corrected chi connectivity index (χ4v) is 7.21. The molecule has 1 aromatic rings. The first kappa shape index (κ1) is 25.1. The van der Waals surface area contributed by atoms with Crippen LogP contribution in [0.25, 0.3) is 0 Å². The summed E-state index contributed by atoms with van der Waals surface area (Å²) in [6, 6.07) is 8.14. The van der Waals surface area contributed by atoms with Crippen LogP contribution >= 0.6 is 0 Å². The minimum absolute atomic E-state index is 0.109. The molecule has 32 heavy (non-hydrogen) atoms. The Morgan fingerprint density at radius 1 is 1.16 bits per heavy atom. The second-order valence-corrected chi connectivity index (χ2v) is 11.9. The molecule has 2 fully saturated rings. The van der Waals surface area contributed by atoms with E-state index in [1.807, 2.05) is 18.2 Å². The van der Waals surface area contributed by atoms with Gasteiger partial charge in [0.2, 0.25) is 0 Å². The SMILES string of the molecule is COCCCOc1cc(C(=O)N(C(C)C)[C@@H]2CC[C@H](CCNC3CC3)[SiH2]C2)ccc1OC. The zero-order chi connectivity index (χ0) is 22.9. The number of nitrogens with one attached hydrogen (secondary N) is 1. The molecule has 3 rings (SSSR count). The standard InChI is InChI=1S/C25H42N2O4Si/c1-18(2)27(21-9-10-22(32-17-21)12-13-26-20-7-8-20)25(28)19-6-11-23(30-4)24(16-19)31-15-5-14-29-3/h6,11,16,18,20-22,26H,5,7-10,12-15,17,32H2,1-4H3/t21-,22-/m1/s1. The van der Waals surface area contributed by atoms with Gasteiger partial charge in [0.05, 0.1) is 13.7 Å². The summed E-state index contributed by atoms with van der Waals surface area (Å²) in [5.74, 6) is 1.39. The van der Waals surface area contributed by atoms with Crippen LogP contribution in [0.3, 0.4) is 0 Å². The van der Waals surface area contributed by atoms with Crippen LogP contribution in [0, 0.1) is 0 Å². The molecule has 1 saturated carbocycles. The summed E-state index contributed by atoms with van der Waals surface area (Å²) in [6.07, 6.45) is 7.24. The lowest BCUT2D eigenvalue weighted by Crippen LogP contribution is -2.47. The monoisotopic (exact) mass is 462 g/mol. The lowest BCUT2D eigenvalue weighted by atomic mass is 10.0. The summed E-state index contributed by atoms with van der Waals surface area (Å²) in [4.78, 5) is 15.7. The molecule has 0 spiro atoms. The summed E-state index contributed by atoms with van der Waals surface area (Å²) >= 11 is 0. The molecule has 1 saturated heterocycles. The van der Waals surface area contributed by atoms with Crippen LogP contribution in [0.2, 0.25) is 11.6 Å². The second-order valence-electron chi connectivity index (χ2n) is 9.56. The van der Waals surface area contributed by atoms with Crippen LogP contribution in [-0.4, -0.2) is 72.4 Å². The first-order chi connectivity index (χ1) is 15.5. The quantitative estimate of drug-likeness (QED) is 0.358. The molecule has 1 aromatic carbocycles. The van der Waals surface area contributed by atoms with Gasteiger partial charge in [-0.1, -0.05) is 6.42 Å². The van der Waals surface area contributed by atoms with Gasteiger partial charge in [-0.25, -0.2) is 0 Å². The molecule has 0 bridgehead atoms. The summed E-state index contributed by atoms with van der Waals surface area (Å²) in [5, 5.41) is 3.66. The molecular weight excluding hydrogens is 420 g/mol. The average molecular weight is 463 g/mol. The smallest absolute Gasteiger partial charge is 0.254 e. The van der Waals surface area contributed by atoms with Crippen molar-refractivity contribution >= 4 is 15.4 Å². The van der Waals surface area contributed by atoms with Crippen LogP contribution in [0.5, 0.6) is 11.5 Å². The van der Waals surface area contributed by atoms with Crippen molar-refractivity contribution in [3.8, 4) is 11.5 Å². The van der Waals surface area contributed by atoms with Gasteiger partial charge in [-0.2, -0.15) is 0 Å². The van der Waals surface area contributed by atoms with Crippen LogP contribution in [0.4, 0.5) is 0 Å². The fraction of sp³-hybridized carbons (Fsp3) is 0.720. The Balaban J connectivity index is 1.60.